The summed E-state index contributed by atoms with van der Waals surface area (Å²) in [6.45, 7) is 7.99. The van der Waals surface area contributed by atoms with E-state index in [0.29, 0.717) is 0 Å². The second-order valence-corrected chi connectivity index (χ2v) is 4.21. The molecule has 1 aromatic rings. The predicted octanol–water partition coefficient (Wildman–Crippen LogP) is 4.03. The van der Waals surface area contributed by atoms with Gasteiger partial charge < -0.3 is 9.05 Å². The summed E-state index contributed by atoms with van der Waals surface area (Å²) in [4.78, 5) is 0. The number of hydrogen-bond acceptors (Lipinski definition) is 2. The van der Waals surface area contributed by atoms with Crippen LogP contribution in [0.1, 0.15) is 27.7 Å². The maximum atomic E-state index is 5.16. The number of benzene rings is 1. The third-order valence-electron chi connectivity index (χ3n) is 1.23. The van der Waals surface area contributed by atoms with Crippen LogP contribution in [-0.4, -0.2) is 12.2 Å². The Morgan fingerprint density at radius 2 is 0.933 bits per heavy atom. The largest absolute Gasteiger partial charge is 0.334 e. The Bertz CT molecular complexity index is 177. The fraction of sp³-hybridized carbons (Fsp3) is 0.500. The third-order valence-corrected chi connectivity index (χ3v) is 2.37. The summed E-state index contributed by atoms with van der Waals surface area (Å²) in [5.74, 6) is 0. The van der Waals surface area contributed by atoms with E-state index in [1.165, 1.54) is 0 Å². The van der Waals surface area contributed by atoms with Gasteiger partial charge >= 0.3 is 0 Å². The third kappa shape index (κ3) is 13.6. The Kier molecular flexibility index (Phi) is 9.81. The average molecular weight is 228 g/mol. The van der Waals surface area contributed by atoms with Crippen LogP contribution in [0, 0.1) is 0 Å². The van der Waals surface area contributed by atoms with Crippen LogP contribution in [-0.2, 0) is 9.05 Å². The topological polar surface area (TPSA) is 18.5 Å². The van der Waals surface area contributed by atoms with E-state index in [9.17, 15) is 0 Å². The summed E-state index contributed by atoms with van der Waals surface area (Å²) in [5, 5.41) is 0. The summed E-state index contributed by atoms with van der Waals surface area (Å²) in [7, 11) is 0.193. The molecule has 2 nitrogen and oxygen atoms in total. The lowest BCUT2D eigenvalue weighted by atomic mass is 10.4. The van der Waals surface area contributed by atoms with E-state index in [-0.39, 0.29) is 21.2 Å². The van der Waals surface area contributed by atoms with Crippen molar-refractivity contribution in [1.29, 1.82) is 0 Å². The maximum absolute atomic E-state index is 5.16. The van der Waals surface area contributed by atoms with Gasteiger partial charge in [0.2, 0.25) is 0 Å². The van der Waals surface area contributed by atoms with Crippen LogP contribution in [0.2, 0.25) is 0 Å². The van der Waals surface area contributed by atoms with E-state index < -0.39 is 0 Å². The van der Waals surface area contributed by atoms with Gasteiger partial charge in [-0.05, 0) is 27.7 Å². The maximum Gasteiger partial charge on any atom is 0.155 e. The molecule has 0 saturated carbocycles. The lowest BCUT2D eigenvalue weighted by Crippen LogP contribution is -1.98. The summed E-state index contributed by atoms with van der Waals surface area (Å²) in [5.41, 5.74) is 0. The van der Waals surface area contributed by atoms with Crippen LogP contribution in [0.5, 0.6) is 0 Å². The monoisotopic (exact) mass is 228 g/mol. The highest BCUT2D eigenvalue weighted by atomic mass is 31.1. The zero-order valence-corrected chi connectivity index (χ0v) is 10.9. The molecule has 0 saturated heterocycles. The molecule has 0 bridgehead atoms. The molecule has 0 aliphatic carbocycles. The molecule has 0 heterocycles. The molecule has 0 amide bonds. The molecule has 0 atom stereocenters. The Morgan fingerprint density at radius 3 is 1.13 bits per heavy atom. The average Bonchev–Trinajstić information content (AvgIpc) is 2.20. The number of hydrogen-bond donors (Lipinski definition) is 0. The van der Waals surface area contributed by atoms with Crippen molar-refractivity contribution in [2.24, 2.45) is 0 Å². The van der Waals surface area contributed by atoms with Crippen LogP contribution < -0.4 is 0 Å². The van der Waals surface area contributed by atoms with Gasteiger partial charge in [-0.1, -0.05) is 36.4 Å². The molecule has 0 unspecified atom stereocenters. The predicted molar refractivity (Wildman–Crippen MR) is 67.2 cm³/mol. The Morgan fingerprint density at radius 1 is 0.667 bits per heavy atom. The quantitative estimate of drug-likeness (QED) is 0.724. The van der Waals surface area contributed by atoms with Crippen LogP contribution >= 0.6 is 9.03 Å². The van der Waals surface area contributed by atoms with Crippen molar-refractivity contribution < 1.29 is 9.05 Å². The van der Waals surface area contributed by atoms with E-state index in [1.54, 1.807) is 0 Å². The van der Waals surface area contributed by atoms with Gasteiger partial charge in [0.25, 0.3) is 0 Å². The molecular formula is C12H21O2P. The van der Waals surface area contributed by atoms with Gasteiger partial charge in [0.1, 0.15) is 0 Å². The Hall–Kier alpha value is -0.430. The van der Waals surface area contributed by atoms with Crippen LogP contribution in [0.3, 0.4) is 0 Å². The van der Waals surface area contributed by atoms with Gasteiger partial charge in [-0.2, -0.15) is 0 Å². The fourth-order valence-electron chi connectivity index (χ4n) is 0.605. The van der Waals surface area contributed by atoms with Crippen molar-refractivity contribution in [3.05, 3.63) is 36.4 Å². The van der Waals surface area contributed by atoms with Crippen LogP contribution in [0.4, 0.5) is 0 Å². The second kappa shape index (κ2) is 10.1. The van der Waals surface area contributed by atoms with Crippen molar-refractivity contribution in [1.82, 2.24) is 0 Å². The van der Waals surface area contributed by atoms with E-state index in [4.69, 9.17) is 9.05 Å². The van der Waals surface area contributed by atoms with E-state index in [1.807, 2.05) is 64.1 Å². The lowest BCUT2D eigenvalue weighted by Gasteiger charge is -2.08. The number of rotatable bonds is 4. The van der Waals surface area contributed by atoms with Crippen molar-refractivity contribution in [3.63, 3.8) is 0 Å². The summed E-state index contributed by atoms with van der Waals surface area (Å²) in [6, 6.07) is 12.0. The molecule has 0 fully saturated rings. The van der Waals surface area contributed by atoms with E-state index >= 15 is 0 Å². The first-order valence-electron chi connectivity index (χ1n) is 5.19. The minimum Gasteiger partial charge on any atom is -0.334 e. The van der Waals surface area contributed by atoms with Crippen molar-refractivity contribution in [3.8, 4) is 0 Å². The molecule has 0 aliphatic heterocycles. The molecule has 0 radical (unpaired) electrons. The Balaban J connectivity index is 0.000000280. The van der Waals surface area contributed by atoms with Gasteiger partial charge in [0, 0.05) is 0 Å². The van der Waals surface area contributed by atoms with Gasteiger partial charge in [0.05, 0.1) is 12.2 Å². The summed E-state index contributed by atoms with van der Waals surface area (Å²) in [6.07, 6.45) is 0.559. The standard InChI is InChI=1S/C6H15O2P.C6H6/c1-5(2)7-9-8-6(3)4;1-2-4-6-5-3-1/h5-6,9H,1-4H3;1-6H. The van der Waals surface area contributed by atoms with E-state index in [2.05, 4.69) is 0 Å². The fourth-order valence-corrected chi connectivity index (χ4v) is 1.05. The SMILES string of the molecule is CC(C)OPOC(C)C.c1ccccc1. The molecule has 0 N–H and O–H groups in total. The molecular weight excluding hydrogens is 207 g/mol. The molecule has 0 aliphatic rings. The Labute approximate surface area is 94.9 Å². The minimum atomic E-state index is 0.193. The van der Waals surface area contributed by atoms with Crippen LogP contribution in [0.25, 0.3) is 0 Å². The minimum absolute atomic E-state index is 0.193. The first-order chi connectivity index (χ1) is 7.13. The molecule has 0 aromatic heterocycles. The van der Waals surface area contributed by atoms with Crippen molar-refractivity contribution >= 4 is 9.03 Å². The first kappa shape index (κ1) is 14.6. The van der Waals surface area contributed by atoms with Crippen molar-refractivity contribution in [2.45, 2.75) is 39.9 Å². The highest BCUT2D eigenvalue weighted by Crippen LogP contribution is 2.18. The molecule has 1 rings (SSSR count). The molecule has 15 heavy (non-hydrogen) atoms. The molecule has 1 aromatic carbocycles. The molecule has 3 heteroatoms. The van der Waals surface area contributed by atoms with Gasteiger partial charge in [-0.25, -0.2) is 0 Å². The summed E-state index contributed by atoms with van der Waals surface area (Å²) >= 11 is 0. The van der Waals surface area contributed by atoms with Crippen LogP contribution in [0.15, 0.2) is 36.4 Å². The highest BCUT2D eigenvalue weighted by Gasteiger charge is 1.94. The molecule has 86 valence electrons. The second-order valence-electron chi connectivity index (χ2n) is 3.57. The van der Waals surface area contributed by atoms with Crippen molar-refractivity contribution in [2.75, 3.05) is 0 Å². The normalized spacial score (nSPS) is 10.0. The zero-order valence-electron chi connectivity index (χ0n) is 9.94. The lowest BCUT2D eigenvalue weighted by molar-refractivity contribution is 0.192. The van der Waals surface area contributed by atoms with Gasteiger partial charge in [0.15, 0.2) is 9.03 Å². The summed E-state index contributed by atoms with van der Waals surface area (Å²) < 4.78 is 10.3. The van der Waals surface area contributed by atoms with Gasteiger partial charge in [-0.15, -0.1) is 0 Å². The first-order valence-corrected chi connectivity index (χ1v) is 6.01. The zero-order chi connectivity index (χ0) is 11.5. The highest BCUT2D eigenvalue weighted by molar-refractivity contribution is 7.26. The smallest absolute Gasteiger partial charge is 0.155 e. The van der Waals surface area contributed by atoms with Gasteiger partial charge in [-0.3, -0.25) is 0 Å². The van der Waals surface area contributed by atoms with E-state index in [0.717, 1.165) is 0 Å². The molecule has 0 spiro atoms.